The van der Waals surface area contributed by atoms with E-state index in [0.29, 0.717) is 0 Å². The minimum Gasteiger partial charge on any atom is -0.243 e. The van der Waals surface area contributed by atoms with Crippen LogP contribution in [0.4, 0.5) is 0 Å². The normalized spacial score (nSPS) is 15.0. The molecule has 0 fully saturated rings. The Bertz CT molecular complexity index is 629. The molecule has 0 unspecified atom stereocenters. The van der Waals surface area contributed by atoms with Gasteiger partial charge >= 0.3 is 0 Å². The minimum absolute atomic E-state index is 0.814. The number of allylic oxidation sites excluding steroid dienone is 4. The van der Waals surface area contributed by atoms with Gasteiger partial charge in [-0.05, 0) is 46.5 Å². The number of benzene rings is 1. The highest BCUT2D eigenvalue weighted by Crippen LogP contribution is 2.27. The fourth-order valence-electron chi connectivity index (χ4n) is 1.95. The van der Waals surface area contributed by atoms with E-state index in [1.165, 1.54) is 0 Å². The molecule has 0 bridgehead atoms. The Balaban J connectivity index is 2.19. The minimum atomic E-state index is 0.814. The first kappa shape index (κ1) is 10.7. The molecule has 0 atom stereocenters. The topological polar surface area (TPSA) is 25.8 Å². The third-order valence-electron chi connectivity index (χ3n) is 2.80. The number of fused-ring (bicyclic) bond motifs is 1. The summed E-state index contributed by atoms with van der Waals surface area (Å²) in [5, 5.41) is 0. The first-order valence-electron chi connectivity index (χ1n) is 5.64. The van der Waals surface area contributed by atoms with E-state index in [4.69, 9.17) is 0 Å². The summed E-state index contributed by atoms with van der Waals surface area (Å²) in [6, 6.07) is 7.93. The molecule has 1 aliphatic carbocycles. The fourth-order valence-corrected chi connectivity index (χ4v) is 2.46. The maximum atomic E-state index is 4.67. The van der Waals surface area contributed by atoms with Crippen LogP contribution in [-0.4, -0.2) is 9.97 Å². The molecule has 0 N–H and O–H groups in total. The van der Waals surface area contributed by atoms with E-state index in [0.717, 1.165) is 39.7 Å². The van der Waals surface area contributed by atoms with Crippen LogP contribution in [0, 0.1) is 0 Å². The number of aromatic nitrogens is 2. The van der Waals surface area contributed by atoms with Gasteiger partial charge in [0.1, 0.15) is 10.3 Å². The average Bonchev–Trinajstić information content (AvgIpc) is 2.39. The van der Waals surface area contributed by atoms with Gasteiger partial charge in [0.2, 0.25) is 0 Å². The lowest BCUT2D eigenvalue weighted by Gasteiger charge is -2.09. The van der Waals surface area contributed by atoms with Crippen molar-refractivity contribution in [2.24, 2.45) is 0 Å². The Hall–Kier alpha value is -1.48. The van der Waals surface area contributed by atoms with Gasteiger partial charge in [0.25, 0.3) is 0 Å². The van der Waals surface area contributed by atoms with E-state index in [2.05, 4.69) is 44.1 Å². The molecule has 0 spiro atoms. The molecule has 1 aromatic carbocycles. The molecule has 1 heterocycles. The summed E-state index contributed by atoms with van der Waals surface area (Å²) in [5.74, 6) is 0. The number of hydrogen-bond acceptors (Lipinski definition) is 2. The van der Waals surface area contributed by atoms with E-state index < -0.39 is 0 Å². The quantitative estimate of drug-likeness (QED) is 0.788. The largest absolute Gasteiger partial charge is 0.243 e. The highest BCUT2D eigenvalue weighted by molar-refractivity contribution is 9.10. The van der Waals surface area contributed by atoms with Crippen molar-refractivity contribution in [3.63, 3.8) is 0 Å². The predicted octanol–water partition coefficient (Wildman–Crippen LogP) is 4.13. The van der Waals surface area contributed by atoms with Crippen LogP contribution in [0.2, 0.25) is 0 Å². The highest BCUT2D eigenvalue weighted by Gasteiger charge is 2.10. The monoisotopic (exact) mass is 286 g/mol. The molecular formula is C14H11BrN2. The van der Waals surface area contributed by atoms with E-state index in [1.807, 2.05) is 24.3 Å². The third kappa shape index (κ3) is 2.03. The van der Waals surface area contributed by atoms with Crippen LogP contribution in [0.1, 0.15) is 18.5 Å². The Morgan fingerprint density at radius 2 is 1.76 bits per heavy atom. The number of halogens is 1. The molecule has 0 saturated heterocycles. The summed E-state index contributed by atoms with van der Waals surface area (Å²) in [6.45, 7) is 0. The zero-order valence-corrected chi connectivity index (χ0v) is 10.8. The van der Waals surface area contributed by atoms with E-state index in [9.17, 15) is 0 Å². The second-order valence-electron chi connectivity index (χ2n) is 3.99. The van der Waals surface area contributed by atoms with Crippen molar-refractivity contribution in [2.75, 3.05) is 0 Å². The Labute approximate surface area is 108 Å². The SMILES string of the molecule is Brc1nc2ccccc2nc1C1=CCCC=C1. The summed E-state index contributed by atoms with van der Waals surface area (Å²) >= 11 is 3.50. The lowest BCUT2D eigenvalue weighted by Crippen LogP contribution is -1.95. The van der Waals surface area contributed by atoms with Gasteiger partial charge < -0.3 is 0 Å². The first-order valence-corrected chi connectivity index (χ1v) is 6.43. The van der Waals surface area contributed by atoms with Gasteiger partial charge in [0.15, 0.2) is 0 Å². The maximum Gasteiger partial charge on any atom is 0.133 e. The van der Waals surface area contributed by atoms with Crippen LogP contribution in [0.5, 0.6) is 0 Å². The van der Waals surface area contributed by atoms with Crippen molar-refractivity contribution < 1.29 is 0 Å². The van der Waals surface area contributed by atoms with Crippen LogP contribution in [-0.2, 0) is 0 Å². The van der Waals surface area contributed by atoms with Crippen molar-refractivity contribution in [3.8, 4) is 0 Å². The summed E-state index contributed by atoms with van der Waals surface area (Å²) in [5.41, 5.74) is 3.94. The average molecular weight is 287 g/mol. The van der Waals surface area contributed by atoms with Crippen molar-refractivity contribution in [1.82, 2.24) is 9.97 Å². The van der Waals surface area contributed by atoms with Crippen LogP contribution in [0.25, 0.3) is 16.6 Å². The van der Waals surface area contributed by atoms with Crippen LogP contribution in [0.15, 0.2) is 47.1 Å². The first-order chi connectivity index (χ1) is 8.34. The highest BCUT2D eigenvalue weighted by atomic mass is 79.9. The van der Waals surface area contributed by atoms with Crippen LogP contribution in [0.3, 0.4) is 0 Å². The number of para-hydroxylation sites is 2. The molecule has 0 aliphatic heterocycles. The molecular weight excluding hydrogens is 276 g/mol. The van der Waals surface area contributed by atoms with Gasteiger partial charge in [0, 0.05) is 0 Å². The summed E-state index contributed by atoms with van der Waals surface area (Å²) in [7, 11) is 0. The van der Waals surface area contributed by atoms with Gasteiger partial charge in [0.05, 0.1) is 11.0 Å². The molecule has 1 aromatic heterocycles. The second-order valence-corrected chi connectivity index (χ2v) is 4.74. The van der Waals surface area contributed by atoms with Gasteiger partial charge in [-0.25, -0.2) is 9.97 Å². The predicted molar refractivity (Wildman–Crippen MR) is 73.6 cm³/mol. The number of hydrogen-bond donors (Lipinski definition) is 0. The Morgan fingerprint density at radius 3 is 2.47 bits per heavy atom. The number of nitrogens with zero attached hydrogens (tertiary/aromatic N) is 2. The van der Waals surface area contributed by atoms with Crippen molar-refractivity contribution >= 4 is 32.5 Å². The molecule has 0 saturated carbocycles. The molecule has 2 nitrogen and oxygen atoms in total. The maximum absolute atomic E-state index is 4.67. The molecule has 0 amide bonds. The smallest absolute Gasteiger partial charge is 0.133 e. The van der Waals surface area contributed by atoms with Gasteiger partial charge in [-0.15, -0.1) is 0 Å². The van der Waals surface area contributed by atoms with E-state index in [1.54, 1.807) is 0 Å². The van der Waals surface area contributed by atoms with Crippen molar-refractivity contribution in [2.45, 2.75) is 12.8 Å². The second kappa shape index (κ2) is 4.41. The number of rotatable bonds is 1. The third-order valence-corrected chi connectivity index (χ3v) is 3.35. The molecule has 2 aromatic rings. The fraction of sp³-hybridized carbons (Fsp3) is 0.143. The van der Waals surface area contributed by atoms with Gasteiger partial charge in [-0.2, -0.15) is 0 Å². The lowest BCUT2D eigenvalue weighted by molar-refractivity contribution is 1.03. The summed E-state index contributed by atoms with van der Waals surface area (Å²) < 4.78 is 0.814. The zero-order valence-electron chi connectivity index (χ0n) is 9.23. The van der Waals surface area contributed by atoms with E-state index in [-0.39, 0.29) is 0 Å². The zero-order chi connectivity index (χ0) is 11.7. The Morgan fingerprint density at radius 1 is 1.00 bits per heavy atom. The van der Waals surface area contributed by atoms with Gasteiger partial charge in [-0.3, -0.25) is 0 Å². The van der Waals surface area contributed by atoms with Gasteiger partial charge in [-0.1, -0.05) is 30.4 Å². The van der Waals surface area contributed by atoms with E-state index >= 15 is 0 Å². The summed E-state index contributed by atoms with van der Waals surface area (Å²) in [4.78, 5) is 9.20. The van der Waals surface area contributed by atoms with Crippen LogP contribution >= 0.6 is 15.9 Å². The molecule has 84 valence electrons. The molecule has 3 rings (SSSR count). The molecule has 3 heteroatoms. The van der Waals surface area contributed by atoms with Crippen LogP contribution < -0.4 is 0 Å². The summed E-state index contributed by atoms with van der Waals surface area (Å²) in [6.07, 6.45) is 8.70. The molecule has 17 heavy (non-hydrogen) atoms. The standard InChI is InChI=1S/C14H11BrN2/c15-14-13(10-6-2-1-3-7-10)16-11-8-4-5-9-12(11)17-14/h2,4-9H,1,3H2. The molecule has 0 radical (unpaired) electrons. The Kier molecular flexibility index (Phi) is 2.77. The van der Waals surface area contributed by atoms with Crippen molar-refractivity contribution in [3.05, 3.63) is 52.8 Å². The lowest BCUT2D eigenvalue weighted by atomic mass is 10.0. The molecule has 1 aliphatic rings. The van der Waals surface area contributed by atoms with Crippen molar-refractivity contribution in [1.29, 1.82) is 0 Å².